The number of aryl methyl sites for hydroxylation is 1. The fourth-order valence-corrected chi connectivity index (χ4v) is 4.08. The second kappa shape index (κ2) is 9.07. The molecule has 0 saturated carbocycles. The van der Waals surface area contributed by atoms with Crippen molar-refractivity contribution in [3.8, 4) is 11.5 Å². The number of hydrogen-bond acceptors (Lipinski definition) is 4. The zero-order valence-corrected chi connectivity index (χ0v) is 17.1. The minimum absolute atomic E-state index is 0.809. The van der Waals surface area contributed by atoms with Gasteiger partial charge in [-0.1, -0.05) is 62.9 Å². The number of para-hydroxylation sites is 1. The molecule has 2 aromatic carbocycles. The molecule has 0 bridgehead atoms. The first-order valence-electron chi connectivity index (χ1n) is 10.1. The van der Waals surface area contributed by atoms with Crippen molar-refractivity contribution in [1.29, 1.82) is 0 Å². The Morgan fingerprint density at radius 2 is 1.79 bits per heavy atom. The number of furan rings is 1. The van der Waals surface area contributed by atoms with Crippen LogP contribution in [0.4, 0.5) is 10.8 Å². The molecule has 3 nitrogen and oxygen atoms in total. The normalized spacial score (nSPS) is 11.2. The van der Waals surface area contributed by atoms with Gasteiger partial charge in [-0.15, -0.1) is 11.3 Å². The van der Waals surface area contributed by atoms with Gasteiger partial charge in [-0.25, -0.2) is 4.98 Å². The highest BCUT2D eigenvalue weighted by Gasteiger charge is 2.10. The topological polar surface area (TPSA) is 38.1 Å². The highest BCUT2D eigenvalue weighted by Crippen LogP contribution is 2.31. The van der Waals surface area contributed by atoms with Crippen LogP contribution >= 0.6 is 11.3 Å². The number of benzene rings is 2. The molecule has 28 heavy (non-hydrogen) atoms. The van der Waals surface area contributed by atoms with Crippen molar-refractivity contribution in [2.75, 3.05) is 5.32 Å². The number of nitrogens with one attached hydrogen (secondary N) is 1. The van der Waals surface area contributed by atoms with Crippen LogP contribution in [0, 0.1) is 0 Å². The molecule has 0 atom stereocenters. The maximum atomic E-state index is 5.91. The lowest BCUT2D eigenvalue weighted by molar-refractivity contribution is 0.629. The molecule has 0 aliphatic heterocycles. The molecule has 0 aliphatic carbocycles. The highest BCUT2D eigenvalue weighted by atomic mass is 32.1. The summed E-state index contributed by atoms with van der Waals surface area (Å²) in [5, 5.41) is 7.42. The summed E-state index contributed by atoms with van der Waals surface area (Å²) < 4.78 is 5.91. The molecule has 1 N–H and O–H groups in total. The van der Waals surface area contributed by atoms with Gasteiger partial charge in [0.05, 0.1) is 0 Å². The predicted octanol–water partition coefficient (Wildman–Crippen LogP) is 7.81. The molecule has 2 heterocycles. The summed E-state index contributed by atoms with van der Waals surface area (Å²) in [6, 6.07) is 18.8. The molecule has 0 spiro atoms. The zero-order chi connectivity index (χ0) is 19.2. The van der Waals surface area contributed by atoms with Crippen molar-refractivity contribution in [1.82, 2.24) is 4.98 Å². The van der Waals surface area contributed by atoms with E-state index in [0.717, 1.165) is 39.7 Å². The summed E-state index contributed by atoms with van der Waals surface area (Å²) in [4.78, 5) is 4.69. The van der Waals surface area contributed by atoms with E-state index in [1.54, 1.807) is 11.3 Å². The van der Waals surface area contributed by atoms with Crippen molar-refractivity contribution in [2.45, 2.75) is 45.4 Å². The van der Waals surface area contributed by atoms with Crippen LogP contribution in [-0.4, -0.2) is 4.98 Å². The van der Waals surface area contributed by atoms with Crippen LogP contribution in [0.2, 0.25) is 0 Å². The van der Waals surface area contributed by atoms with Gasteiger partial charge >= 0.3 is 0 Å². The fraction of sp³-hybridized carbons (Fsp3) is 0.292. The minimum atomic E-state index is 0.809. The number of fused-ring (bicyclic) bond motifs is 1. The van der Waals surface area contributed by atoms with E-state index in [1.807, 2.05) is 29.6 Å². The van der Waals surface area contributed by atoms with Gasteiger partial charge in [0.25, 0.3) is 0 Å². The lowest BCUT2D eigenvalue weighted by Crippen LogP contribution is -1.91. The standard InChI is InChI=1S/C24H26N2OS/c1-2-3-4-5-6-9-18-12-14-20(15-13-18)25-24-26-21(17-28-24)23-16-19-10-7-8-11-22(19)27-23/h7-8,10-17H,2-6,9H2,1H3,(H,25,26). The van der Waals surface area contributed by atoms with Crippen molar-refractivity contribution in [2.24, 2.45) is 0 Å². The van der Waals surface area contributed by atoms with Crippen molar-refractivity contribution < 1.29 is 4.42 Å². The van der Waals surface area contributed by atoms with Crippen LogP contribution in [0.25, 0.3) is 22.4 Å². The molecule has 0 radical (unpaired) electrons. The third kappa shape index (κ3) is 4.63. The van der Waals surface area contributed by atoms with Gasteiger partial charge in [0, 0.05) is 16.5 Å². The zero-order valence-electron chi connectivity index (χ0n) is 16.3. The van der Waals surface area contributed by atoms with Gasteiger partial charge in [0.1, 0.15) is 11.3 Å². The SMILES string of the molecule is CCCCCCCc1ccc(Nc2nc(-c3cc4ccccc4o3)cs2)cc1. The number of unbranched alkanes of at least 4 members (excludes halogenated alkanes) is 4. The molecule has 0 fully saturated rings. The number of thiazole rings is 1. The Bertz CT molecular complexity index is 983. The summed E-state index contributed by atoms with van der Waals surface area (Å²) >= 11 is 1.59. The largest absolute Gasteiger partial charge is 0.454 e. The fourth-order valence-electron chi connectivity index (χ4n) is 3.36. The maximum Gasteiger partial charge on any atom is 0.187 e. The summed E-state index contributed by atoms with van der Waals surface area (Å²) in [5.41, 5.74) is 4.24. The molecule has 2 aromatic heterocycles. The van der Waals surface area contributed by atoms with Crippen LogP contribution in [0.15, 0.2) is 64.4 Å². The van der Waals surface area contributed by atoms with Gasteiger partial charge in [-0.05, 0) is 42.7 Å². The van der Waals surface area contributed by atoms with Crippen LogP contribution in [0.5, 0.6) is 0 Å². The molecule has 0 unspecified atom stereocenters. The first-order chi connectivity index (χ1) is 13.8. The quantitative estimate of drug-likeness (QED) is 0.296. The lowest BCUT2D eigenvalue weighted by Gasteiger charge is -2.05. The Hall–Kier alpha value is -2.59. The Labute approximate surface area is 170 Å². The Morgan fingerprint density at radius 3 is 2.61 bits per heavy atom. The molecule has 4 rings (SSSR count). The smallest absolute Gasteiger partial charge is 0.187 e. The Balaban J connectivity index is 1.36. The van der Waals surface area contributed by atoms with Crippen LogP contribution in [0.3, 0.4) is 0 Å². The monoisotopic (exact) mass is 390 g/mol. The number of nitrogens with zero attached hydrogens (tertiary/aromatic N) is 1. The average molecular weight is 391 g/mol. The van der Waals surface area contributed by atoms with Gasteiger partial charge in [0.15, 0.2) is 10.9 Å². The Morgan fingerprint density at radius 1 is 0.964 bits per heavy atom. The lowest BCUT2D eigenvalue weighted by atomic mass is 10.1. The third-order valence-electron chi connectivity index (χ3n) is 4.96. The molecule has 0 aliphatic rings. The van der Waals surface area contributed by atoms with E-state index in [1.165, 1.54) is 37.7 Å². The van der Waals surface area contributed by atoms with E-state index in [2.05, 4.69) is 47.6 Å². The first-order valence-corrected chi connectivity index (χ1v) is 11.0. The van der Waals surface area contributed by atoms with Gasteiger partial charge in [-0.2, -0.15) is 0 Å². The maximum absolute atomic E-state index is 5.91. The van der Waals surface area contributed by atoms with Crippen molar-refractivity contribution in [3.05, 3.63) is 65.5 Å². The van der Waals surface area contributed by atoms with E-state index in [0.29, 0.717) is 0 Å². The predicted molar refractivity (Wildman–Crippen MR) is 120 cm³/mol. The Kier molecular flexibility index (Phi) is 6.07. The van der Waals surface area contributed by atoms with Crippen molar-refractivity contribution in [3.63, 3.8) is 0 Å². The van der Waals surface area contributed by atoms with Crippen LogP contribution in [-0.2, 0) is 6.42 Å². The number of anilines is 2. The molecule has 0 saturated heterocycles. The van der Waals surface area contributed by atoms with E-state index >= 15 is 0 Å². The summed E-state index contributed by atoms with van der Waals surface area (Å²) in [6.07, 6.45) is 7.78. The number of aromatic nitrogens is 1. The summed E-state index contributed by atoms with van der Waals surface area (Å²) in [6.45, 7) is 2.26. The van der Waals surface area contributed by atoms with Gasteiger partial charge < -0.3 is 9.73 Å². The average Bonchev–Trinajstić information content (AvgIpc) is 3.36. The minimum Gasteiger partial charge on any atom is -0.454 e. The molecular formula is C24H26N2OS. The second-order valence-corrected chi connectivity index (χ2v) is 8.03. The third-order valence-corrected chi connectivity index (χ3v) is 5.71. The first kappa shape index (κ1) is 18.8. The van der Waals surface area contributed by atoms with E-state index in [9.17, 15) is 0 Å². The molecule has 4 aromatic rings. The number of rotatable bonds is 9. The van der Waals surface area contributed by atoms with Gasteiger partial charge in [-0.3, -0.25) is 0 Å². The second-order valence-electron chi connectivity index (χ2n) is 7.17. The van der Waals surface area contributed by atoms with Crippen LogP contribution in [0.1, 0.15) is 44.6 Å². The van der Waals surface area contributed by atoms with Gasteiger partial charge in [0.2, 0.25) is 0 Å². The molecule has 144 valence electrons. The van der Waals surface area contributed by atoms with E-state index < -0.39 is 0 Å². The summed E-state index contributed by atoms with van der Waals surface area (Å²) in [5.74, 6) is 0.809. The molecular weight excluding hydrogens is 364 g/mol. The van der Waals surface area contributed by atoms with Crippen molar-refractivity contribution >= 4 is 33.1 Å². The van der Waals surface area contributed by atoms with Crippen LogP contribution < -0.4 is 5.32 Å². The molecule has 4 heteroatoms. The summed E-state index contributed by atoms with van der Waals surface area (Å²) in [7, 11) is 0. The highest BCUT2D eigenvalue weighted by molar-refractivity contribution is 7.14. The van der Waals surface area contributed by atoms with E-state index in [-0.39, 0.29) is 0 Å². The number of hydrogen-bond donors (Lipinski definition) is 1. The molecule has 0 amide bonds. The van der Waals surface area contributed by atoms with E-state index in [4.69, 9.17) is 4.42 Å².